The van der Waals surface area contributed by atoms with Crippen LogP contribution in [-0.2, 0) is 11.3 Å². The Labute approximate surface area is 94.2 Å². The summed E-state index contributed by atoms with van der Waals surface area (Å²) in [7, 11) is 0. The molecule has 5 nitrogen and oxygen atoms in total. The van der Waals surface area contributed by atoms with Crippen molar-refractivity contribution in [1.82, 2.24) is 5.43 Å². The van der Waals surface area contributed by atoms with E-state index in [0.717, 1.165) is 12.0 Å². The van der Waals surface area contributed by atoms with Crippen LogP contribution >= 0.6 is 0 Å². The molecule has 0 aromatic carbocycles. The van der Waals surface area contributed by atoms with E-state index in [1.54, 1.807) is 19.1 Å². The van der Waals surface area contributed by atoms with Crippen LogP contribution in [0, 0.1) is 6.92 Å². The second-order valence-electron chi connectivity index (χ2n) is 3.33. The maximum absolute atomic E-state index is 11.2. The van der Waals surface area contributed by atoms with Gasteiger partial charge in [0.25, 0.3) is 0 Å². The topological polar surface area (TPSA) is 77.5 Å². The Morgan fingerprint density at radius 1 is 1.75 bits per heavy atom. The highest BCUT2D eigenvalue weighted by Crippen LogP contribution is 2.15. The summed E-state index contributed by atoms with van der Waals surface area (Å²) in [6, 6.07) is 1.76. The lowest BCUT2D eigenvalue weighted by Gasteiger charge is -1.99. The number of hydrogen-bond acceptors (Lipinski definition) is 4. The van der Waals surface area contributed by atoms with E-state index in [4.69, 9.17) is 15.0 Å². The predicted molar refractivity (Wildman–Crippen MR) is 59.6 cm³/mol. The fourth-order valence-electron chi connectivity index (χ4n) is 1.25. The molecule has 0 saturated heterocycles. The standard InChI is InChI=1S/C11H16N2O3/c1-3-4-5-15-7-9-6-8(2)10(16-9)11(14)13-12/h3,6H,1,4-5,7,12H2,2H3,(H,13,14). The number of hydrazine groups is 1. The Morgan fingerprint density at radius 3 is 3.12 bits per heavy atom. The van der Waals surface area contributed by atoms with Gasteiger partial charge in [0.1, 0.15) is 12.4 Å². The van der Waals surface area contributed by atoms with Crippen molar-refractivity contribution >= 4 is 5.91 Å². The molecule has 0 aliphatic rings. The van der Waals surface area contributed by atoms with Crippen LogP contribution in [0.2, 0.25) is 0 Å². The van der Waals surface area contributed by atoms with Crippen LogP contribution in [0.5, 0.6) is 0 Å². The number of amides is 1. The molecule has 1 aromatic heterocycles. The second kappa shape index (κ2) is 6.09. The molecule has 0 radical (unpaired) electrons. The van der Waals surface area contributed by atoms with Gasteiger partial charge in [0.2, 0.25) is 0 Å². The number of nitrogens with two attached hydrogens (primary N) is 1. The number of carbonyl (C=O) groups excluding carboxylic acids is 1. The molecule has 16 heavy (non-hydrogen) atoms. The number of furan rings is 1. The summed E-state index contributed by atoms with van der Waals surface area (Å²) in [5, 5.41) is 0. The molecule has 1 heterocycles. The lowest BCUT2D eigenvalue weighted by atomic mass is 10.2. The summed E-state index contributed by atoms with van der Waals surface area (Å²) >= 11 is 0. The van der Waals surface area contributed by atoms with Gasteiger partial charge in [0, 0.05) is 5.56 Å². The van der Waals surface area contributed by atoms with Gasteiger partial charge < -0.3 is 9.15 Å². The molecule has 88 valence electrons. The first-order valence-corrected chi connectivity index (χ1v) is 4.98. The minimum Gasteiger partial charge on any atom is -0.453 e. The number of nitrogen functional groups attached to an aromatic ring is 1. The van der Waals surface area contributed by atoms with Crippen molar-refractivity contribution in [2.45, 2.75) is 20.0 Å². The van der Waals surface area contributed by atoms with Gasteiger partial charge in [-0.25, -0.2) is 5.84 Å². The summed E-state index contributed by atoms with van der Waals surface area (Å²) in [4.78, 5) is 11.2. The first-order valence-electron chi connectivity index (χ1n) is 4.98. The largest absolute Gasteiger partial charge is 0.453 e. The quantitative estimate of drug-likeness (QED) is 0.251. The van der Waals surface area contributed by atoms with E-state index in [-0.39, 0.29) is 5.76 Å². The van der Waals surface area contributed by atoms with Crippen molar-refractivity contribution in [3.63, 3.8) is 0 Å². The number of ether oxygens (including phenoxy) is 1. The first kappa shape index (κ1) is 12.5. The van der Waals surface area contributed by atoms with E-state index in [1.165, 1.54) is 0 Å². The van der Waals surface area contributed by atoms with Crippen LogP contribution < -0.4 is 11.3 Å². The molecule has 0 unspecified atom stereocenters. The van der Waals surface area contributed by atoms with Crippen molar-refractivity contribution in [2.24, 2.45) is 5.84 Å². The average Bonchev–Trinajstić information content (AvgIpc) is 2.65. The van der Waals surface area contributed by atoms with E-state index >= 15 is 0 Å². The number of aryl methyl sites for hydroxylation is 1. The molecule has 0 fully saturated rings. The maximum Gasteiger partial charge on any atom is 0.301 e. The second-order valence-corrected chi connectivity index (χ2v) is 3.33. The fourth-order valence-corrected chi connectivity index (χ4v) is 1.25. The van der Waals surface area contributed by atoms with Gasteiger partial charge in [-0.2, -0.15) is 0 Å². The zero-order valence-electron chi connectivity index (χ0n) is 9.29. The van der Waals surface area contributed by atoms with Crippen molar-refractivity contribution in [3.8, 4) is 0 Å². The minimum atomic E-state index is -0.435. The SMILES string of the molecule is C=CCCOCc1cc(C)c(C(=O)NN)o1. The van der Waals surface area contributed by atoms with Crippen molar-refractivity contribution in [1.29, 1.82) is 0 Å². The van der Waals surface area contributed by atoms with E-state index in [0.29, 0.717) is 19.0 Å². The third-order valence-electron chi connectivity index (χ3n) is 2.02. The highest BCUT2D eigenvalue weighted by Gasteiger charge is 2.14. The Hall–Kier alpha value is -1.59. The molecular formula is C11H16N2O3. The Balaban J connectivity index is 2.55. The van der Waals surface area contributed by atoms with Gasteiger partial charge >= 0.3 is 5.91 Å². The molecular weight excluding hydrogens is 208 g/mol. The Morgan fingerprint density at radius 2 is 2.50 bits per heavy atom. The fraction of sp³-hybridized carbons (Fsp3) is 0.364. The molecule has 5 heteroatoms. The number of carbonyl (C=O) groups is 1. The summed E-state index contributed by atoms with van der Waals surface area (Å²) in [6.07, 6.45) is 2.57. The Bertz CT molecular complexity index is 371. The summed E-state index contributed by atoms with van der Waals surface area (Å²) < 4.78 is 10.6. The average molecular weight is 224 g/mol. The molecule has 1 rings (SSSR count). The third kappa shape index (κ3) is 3.22. The van der Waals surface area contributed by atoms with Crippen LogP contribution in [0.3, 0.4) is 0 Å². The molecule has 0 atom stereocenters. The van der Waals surface area contributed by atoms with Crippen LogP contribution in [-0.4, -0.2) is 12.5 Å². The van der Waals surface area contributed by atoms with Crippen molar-refractivity contribution in [3.05, 3.63) is 35.8 Å². The van der Waals surface area contributed by atoms with E-state index in [2.05, 4.69) is 6.58 Å². The summed E-state index contributed by atoms with van der Waals surface area (Å²) in [5.74, 6) is 5.42. The lowest BCUT2D eigenvalue weighted by molar-refractivity contribution is 0.0899. The smallest absolute Gasteiger partial charge is 0.301 e. The van der Waals surface area contributed by atoms with Crippen LogP contribution in [0.1, 0.15) is 28.3 Å². The van der Waals surface area contributed by atoms with Gasteiger partial charge in [-0.05, 0) is 19.4 Å². The highest BCUT2D eigenvalue weighted by molar-refractivity contribution is 5.92. The van der Waals surface area contributed by atoms with E-state index in [9.17, 15) is 4.79 Å². The van der Waals surface area contributed by atoms with Gasteiger partial charge in [-0.3, -0.25) is 10.2 Å². The molecule has 0 aliphatic heterocycles. The van der Waals surface area contributed by atoms with Crippen LogP contribution in [0.25, 0.3) is 0 Å². The van der Waals surface area contributed by atoms with Gasteiger partial charge in [0.05, 0.1) is 6.61 Å². The third-order valence-corrected chi connectivity index (χ3v) is 2.02. The van der Waals surface area contributed by atoms with Crippen molar-refractivity contribution in [2.75, 3.05) is 6.61 Å². The van der Waals surface area contributed by atoms with Crippen molar-refractivity contribution < 1.29 is 13.9 Å². The number of rotatable bonds is 6. The maximum atomic E-state index is 11.2. The summed E-state index contributed by atoms with van der Waals surface area (Å²) in [6.45, 7) is 6.29. The molecule has 0 bridgehead atoms. The lowest BCUT2D eigenvalue weighted by Crippen LogP contribution is -2.30. The normalized spacial score (nSPS) is 10.1. The predicted octanol–water partition coefficient (Wildman–Crippen LogP) is 1.28. The van der Waals surface area contributed by atoms with E-state index in [1.807, 2.05) is 5.43 Å². The number of nitrogens with one attached hydrogen (secondary N) is 1. The van der Waals surface area contributed by atoms with E-state index < -0.39 is 5.91 Å². The molecule has 1 amide bonds. The highest BCUT2D eigenvalue weighted by atomic mass is 16.5. The molecule has 0 aliphatic carbocycles. The zero-order chi connectivity index (χ0) is 12.0. The number of hydrogen-bond donors (Lipinski definition) is 2. The molecule has 0 saturated carbocycles. The summed E-state index contributed by atoms with van der Waals surface area (Å²) in [5.41, 5.74) is 2.77. The van der Waals surface area contributed by atoms with Gasteiger partial charge in [-0.15, -0.1) is 6.58 Å². The molecule has 0 spiro atoms. The first-order chi connectivity index (χ1) is 7.69. The van der Waals surface area contributed by atoms with Gasteiger partial charge in [0.15, 0.2) is 5.76 Å². The van der Waals surface area contributed by atoms with Crippen LogP contribution in [0.15, 0.2) is 23.1 Å². The van der Waals surface area contributed by atoms with Gasteiger partial charge in [-0.1, -0.05) is 6.08 Å². The molecule has 3 N–H and O–H groups in total. The Kier molecular flexibility index (Phi) is 4.75. The monoisotopic (exact) mass is 224 g/mol. The molecule has 1 aromatic rings. The zero-order valence-corrected chi connectivity index (χ0v) is 9.29. The van der Waals surface area contributed by atoms with Crippen LogP contribution in [0.4, 0.5) is 0 Å². The minimum absolute atomic E-state index is 0.227.